The predicted octanol–water partition coefficient (Wildman–Crippen LogP) is 4.77. The molecule has 0 saturated carbocycles. The number of carbonyl (C=O) groups excluding carboxylic acids is 1. The number of aromatic nitrogens is 2. The molecule has 3 rings (SSSR count). The number of aromatic amines is 1. The summed E-state index contributed by atoms with van der Waals surface area (Å²) >= 11 is 5.90. The number of pyridine rings is 1. The molecular formula is C17H12ClF5N4O. The highest BCUT2D eigenvalue weighted by atomic mass is 35.5. The van der Waals surface area contributed by atoms with E-state index in [1.165, 1.54) is 12.4 Å². The summed E-state index contributed by atoms with van der Waals surface area (Å²) in [6.07, 6.45) is -1.88. The zero-order valence-electron chi connectivity index (χ0n) is 13.9. The van der Waals surface area contributed by atoms with Crippen molar-refractivity contribution in [1.29, 1.82) is 0 Å². The van der Waals surface area contributed by atoms with Gasteiger partial charge < -0.3 is 15.6 Å². The summed E-state index contributed by atoms with van der Waals surface area (Å²) in [6, 6.07) is 2.15. The van der Waals surface area contributed by atoms with E-state index < -0.39 is 36.1 Å². The van der Waals surface area contributed by atoms with Crippen molar-refractivity contribution < 1.29 is 26.7 Å². The molecule has 0 spiro atoms. The number of amides is 2. The van der Waals surface area contributed by atoms with Crippen molar-refractivity contribution in [3.63, 3.8) is 0 Å². The van der Waals surface area contributed by atoms with E-state index in [9.17, 15) is 26.7 Å². The molecule has 0 unspecified atom stereocenters. The molecule has 0 aliphatic carbocycles. The van der Waals surface area contributed by atoms with E-state index in [1.807, 2.05) is 5.32 Å². The second kappa shape index (κ2) is 7.63. The van der Waals surface area contributed by atoms with Gasteiger partial charge in [0.25, 0.3) is 0 Å². The molecule has 0 aliphatic heterocycles. The summed E-state index contributed by atoms with van der Waals surface area (Å²) in [5, 5.41) is 4.39. The minimum absolute atomic E-state index is 0.195. The first-order chi connectivity index (χ1) is 13.1. The second-order valence-corrected chi connectivity index (χ2v) is 6.29. The molecule has 3 N–H and O–H groups in total. The smallest absolute Gasteiger partial charge is 0.346 e. The maximum Gasteiger partial charge on any atom is 0.405 e. The number of nitrogens with zero attached hydrogens (tertiary/aromatic N) is 1. The molecule has 28 heavy (non-hydrogen) atoms. The maximum atomic E-state index is 14.7. The van der Waals surface area contributed by atoms with Crippen LogP contribution in [0.2, 0.25) is 5.02 Å². The first-order valence-corrected chi connectivity index (χ1v) is 8.22. The quantitative estimate of drug-likeness (QED) is 0.534. The van der Waals surface area contributed by atoms with Crippen molar-refractivity contribution in [3.8, 4) is 0 Å². The number of carbonyl (C=O) groups is 1. The van der Waals surface area contributed by atoms with Crippen LogP contribution in [-0.4, -0.2) is 28.7 Å². The molecule has 5 nitrogen and oxygen atoms in total. The Labute approximate surface area is 159 Å². The molecule has 2 aromatic heterocycles. The number of hydrogen-bond donors (Lipinski definition) is 3. The lowest BCUT2D eigenvalue weighted by molar-refractivity contribution is -0.122. The minimum Gasteiger partial charge on any atom is -0.346 e. The first-order valence-electron chi connectivity index (χ1n) is 7.84. The van der Waals surface area contributed by atoms with E-state index in [2.05, 4.69) is 9.97 Å². The van der Waals surface area contributed by atoms with E-state index in [0.29, 0.717) is 21.6 Å². The molecule has 0 atom stereocenters. The Hall–Kier alpha value is -2.88. The fourth-order valence-corrected chi connectivity index (χ4v) is 2.73. The SMILES string of the molecule is O=C(NCC(F)(F)F)Nc1ccc(F)c(Cc2c[nH]c3ncc(Cl)cc23)c1F. The average Bonchev–Trinajstić information content (AvgIpc) is 3.01. The van der Waals surface area contributed by atoms with Crippen LogP contribution in [0.1, 0.15) is 11.1 Å². The number of nitrogens with one attached hydrogen (secondary N) is 3. The number of urea groups is 1. The standard InChI is InChI=1S/C17H12ClF5N4O/c18-9-4-10-8(5-24-15(10)25-6-9)3-11-12(19)1-2-13(14(11)20)27-16(28)26-7-17(21,22)23/h1-2,4-6H,3,7H2,(H,24,25)(H2,26,27,28). The van der Waals surface area contributed by atoms with Gasteiger partial charge >= 0.3 is 12.2 Å². The molecular weight excluding hydrogens is 407 g/mol. The van der Waals surface area contributed by atoms with Crippen LogP contribution in [-0.2, 0) is 6.42 Å². The lowest BCUT2D eigenvalue weighted by atomic mass is 10.0. The molecule has 148 valence electrons. The molecule has 0 radical (unpaired) electrons. The number of hydrogen-bond acceptors (Lipinski definition) is 2. The Kier molecular flexibility index (Phi) is 5.41. The third-order valence-corrected chi connectivity index (χ3v) is 4.04. The maximum absolute atomic E-state index is 14.7. The molecule has 0 bridgehead atoms. The van der Waals surface area contributed by atoms with Crippen LogP contribution in [0.4, 0.5) is 32.4 Å². The molecule has 1 aromatic carbocycles. The van der Waals surface area contributed by atoms with Crippen LogP contribution in [0.15, 0.2) is 30.6 Å². The van der Waals surface area contributed by atoms with Crippen LogP contribution in [0.25, 0.3) is 11.0 Å². The topological polar surface area (TPSA) is 69.8 Å². The van der Waals surface area contributed by atoms with Gasteiger partial charge in [-0.15, -0.1) is 0 Å². The average molecular weight is 419 g/mol. The summed E-state index contributed by atoms with van der Waals surface area (Å²) in [4.78, 5) is 18.4. The second-order valence-electron chi connectivity index (χ2n) is 5.85. The van der Waals surface area contributed by atoms with Crippen molar-refractivity contribution in [2.45, 2.75) is 12.6 Å². The van der Waals surface area contributed by atoms with Crippen molar-refractivity contribution in [3.05, 3.63) is 58.4 Å². The molecule has 2 heterocycles. The number of benzene rings is 1. The third-order valence-electron chi connectivity index (χ3n) is 3.83. The summed E-state index contributed by atoms with van der Waals surface area (Å²) in [5.74, 6) is -1.96. The molecule has 0 fully saturated rings. The van der Waals surface area contributed by atoms with Crippen LogP contribution in [0.5, 0.6) is 0 Å². The van der Waals surface area contributed by atoms with E-state index in [4.69, 9.17) is 11.6 Å². The van der Waals surface area contributed by atoms with Crippen LogP contribution in [0.3, 0.4) is 0 Å². The van der Waals surface area contributed by atoms with Crippen molar-refractivity contribution in [2.75, 3.05) is 11.9 Å². The fourth-order valence-electron chi connectivity index (χ4n) is 2.57. The van der Waals surface area contributed by atoms with Gasteiger partial charge in [-0.25, -0.2) is 18.6 Å². The van der Waals surface area contributed by atoms with E-state index in [1.54, 1.807) is 11.4 Å². The minimum atomic E-state index is -4.62. The van der Waals surface area contributed by atoms with Crippen molar-refractivity contribution in [2.24, 2.45) is 0 Å². The fraction of sp³-hybridized carbons (Fsp3) is 0.176. The van der Waals surface area contributed by atoms with Gasteiger partial charge in [0.05, 0.1) is 10.7 Å². The largest absolute Gasteiger partial charge is 0.405 e. The highest BCUT2D eigenvalue weighted by Gasteiger charge is 2.28. The molecule has 3 aromatic rings. The third kappa shape index (κ3) is 4.50. The van der Waals surface area contributed by atoms with Crippen molar-refractivity contribution >= 4 is 34.4 Å². The summed E-state index contributed by atoms with van der Waals surface area (Å²) in [7, 11) is 0. The predicted molar refractivity (Wildman–Crippen MR) is 93.3 cm³/mol. The Morgan fingerprint density at radius 2 is 2.00 bits per heavy atom. The van der Waals surface area contributed by atoms with Crippen LogP contribution < -0.4 is 10.6 Å². The highest BCUT2D eigenvalue weighted by molar-refractivity contribution is 6.31. The monoisotopic (exact) mass is 418 g/mol. The number of H-pyrrole nitrogens is 1. The zero-order valence-corrected chi connectivity index (χ0v) is 14.7. The molecule has 11 heteroatoms. The van der Waals surface area contributed by atoms with E-state index in [-0.39, 0.29) is 12.0 Å². The summed E-state index contributed by atoms with van der Waals surface area (Å²) in [6.45, 7) is -1.59. The van der Waals surface area contributed by atoms with Gasteiger partial charge in [0.15, 0.2) is 5.82 Å². The highest BCUT2D eigenvalue weighted by Crippen LogP contribution is 2.27. The zero-order chi connectivity index (χ0) is 20.5. The van der Waals surface area contributed by atoms with Crippen LogP contribution in [0, 0.1) is 11.6 Å². The lowest BCUT2D eigenvalue weighted by Crippen LogP contribution is -2.36. The number of halogens is 6. The molecule has 0 aliphatic rings. The van der Waals surface area contributed by atoms with Crippen molar-refractivity contribution in [1.82, 2.24) is 15.3 Å². The van der Waals surface area contributed by atoms with Gasteiger partial charge in [-0.2, -0.15) is 13.2 Å². The Balaban J connectivity index is 1.84. The number of alkyl halides is 3. The van der Waals surface area contributed by atoms with Gasteiger partial charge in [-0.05, 0) is 23.8 Å². The Bertz CT molecular complexity index is 1030. The molecule has 2 amide bonds. The number of anilines is 1. The number of rotatable bonds is 4. The van der Waals surface area contributed by atoms with Gasteiger partial charge in [-0.3, -0.25) is 0 Å². The normalized spacial score (nSPS) is 11.6. The first kappa shape index (κ1) is 19.9. The Morgan fingerprint density at radius 1 is 1.25 bits per heavy atom. The summed E-state index contributed by atoms with van der Waals surface area (Å²) < 4.78 is 65.3. The molecule has 0 saturated heterocycles. The lowest BCUT2D eigenvalue weighted by Gasteiger charge is -2.12. The van der Waals surface area contributed by atoms with E-state index in [0.717, 1.165) is 12.1 Å². The number of fused-ring (bicyclic) bond motifs is 1. The van der Waals surface area contributed by atoms with Gasteiger partial charge in [-0.1, -0.05) is 11.6 Å². The van der Waals surface area contributed by atoms with Gasteiger partial charge in [0, 0.05) is 29.8 Å². The van der Waals surface area contributed by atoms with Gasteiger partial charge in [0.1, 0.15) is 18.0 Å². The van der Waals surface area contributed by atoms with Gasteiger partial charge in [0.2, 0.25) is 0 Å². The Morgan fingerprint density at radius 3 is 2.71 bits per heavy atom. The van der Waals surface area contributed by atoms with E-state index >= 15 is 0 Å². The summed E-state index contributed by atoms with van der Waals surface area (Å²) in [5.41, 5.74) is 0.157. The van der Waals surface area contributed by atoms with Crippen LogP contribution >= 0.6 is 11.6 Å².